The summed E-state index contributed by atoms with van der Waals surface area (Å²) >= 11 is 1.66. The Hall–Kier alpha value is -3.19. The highest BCUT2D eigenvalue weighted by Gasteiger charge is 2.26. The van der Waals surface area contributed by atoms with Gasteiger partial charge in [-0.3, -0.25) is 5.10 Å². The molecule has 0 fully saturated rings. The van der Waals surface area contributed by atoms with Crippen molar-refractivity contribution in [1.29, 1.82) is 0 Å². The summed E-state index contributed by atoms with van der Waals surface area (Å²) in [7, 11) is 0. The number of aromatic amines is 1. The van der Waals surface area contributed by atoms with Crippen LogP contribution >= 0.6 is 11.8 Å². The van der Waals surface area contributed by atoms with Gasteiger partial charge in [0.2, 0.25) is 11.0 Å². The number of hydrogen-bond donors (Lipinski definition) is 1. The zero-order chi connectivity index (χ0) is 19.2. The molecule has 0 radical (unpaired) electrons. The first kappa shape index (κ1) is 16.7. The molecule has 0 spiro atoms. The fourth-order valence-electron chi connectivity index (χ4n) is 4.01. The molecule has 1 aliphatic heterocycles. The molecule has 2 aliphatic rings. The Balaban J connectivity index is 1.37. The molecular weight excluding hydrogens is 380 g/mol. The van der Waals surface area contributed by atoms with E-state index < -0.39 is 0 Å². The molecule has 2 aromatic carbocycles. The van der Waals surface area contributed by atoms with Crippen molar-refractivity contribution in [3.05, 3.63) is 71.4 Å². The van der Waals surface area contributed by atoms with Crippen LogP contribution in [-0.2, 0) is 12.8 Å². The summed E-state index contributed by atoms with van der Waals surface area (Å²) in [4.78, 5) is 0. The Morgan fingerprint density at radius 3 is 2.52 bits per heavy atom. The topological polar surface area (TPSA) is 71.8 Å². The first-order valence-corrected chi connectivity index (χ1v) is 10.7. The van der Waals surface area contributed by atoms with Crippen molar-refractivity contribution in [1.82, 2.24) is 25.1 Å². The summed E-state index contributed by atoms with van der Waals surface area (Å²) in [5.74, 6) is 1.51. The van der Waals surface area contributed by atoms with Gasteiger partial charge < -0.3 is 0 Å². The Labute approximate surface area is 172 Å². The summed E-state index contributed by atoms with van der Waals surface area (Å²) in [6.45, 7) is 0. The number of aryl methyl sites for hydroxylation is 1. The second-order valence-corrected chi connectivity index (χ2v) is 8.22. The minimum absolute atomic E-state index is 0.727. The van der Waals surface area contributed by atoms with Crippen LogP contribution in [0.3, 0.4) is 0 Å². The Bertz CT molecular complexity index is 1220. The van der Waals surface area contributed by atoms with Gasteiger partial charge in [0, 0.05) is 17.0 Å². The molecule has 2 aromatic heterocycles. The highest BCUT2D eigenvalue weighted by Crippen LogP contribution is 2.33. The summed E-state index contributed by atoms with van der Waals surface area (Å²) in [6, 6.07) is 19.0. The first-order valence-electron chi connectivity index (χ1n) is 9.75. The van der Waals surface area contributed by atoms with E-state index in [1.54, 1.807) is 11.8 Å². The van der Waals surface area contributed by atoms with E-state index in [-0.39, 0.29) is 0 Å². The molecule has 29 heavy (non-hydrogen) atoms. The first-order chi connectivity index (χ1) is 14.4. The number of aromatic nitrogens is 5. The summed E-state index contributed by atoms with van der Waals surface area (Å²) in [5.41, 5.74) is 7.94. The second-order valence-electron chi connectivity index (χ2n) is 7.28. The fraction of sp³-hybridized carbons (Fsp3) is 0.182. The van der Waals surface area contributed by atoms with Crippen molar-refractivity contribution in [3.63, 3.8) is 0 Å². The smallest absolute Gasteiger partial charge is 0.212 e. The predicted octanol–water partition coefficient (Wildman–Crippen LogP) is 4.18. The van der Waals surface area contributed by atoms with E-state index in [1.165, 1.54) is 22.4 Å². The van der Waals surface area contributed by atoms with Crippen LogP contribution in [0.2, 0.25) is 0 Å². The van der Waals surface area contributed by atoms with E-state index in [2.05, 4.69) is 68.9 Å². The third-order valence-corrected chi connectivity index (χ3v) is 6.44. The number of benzene rings is 2. The molecule has 4 aromatic rings. The molecule has 0 saturated carbocycles. The minimum atomic E-state index is 0.727. The van der Waals surface area contributed by atoms with Gasteiger partial charge >= 0.3 is 0 Å². The maximum Gasteiger partial charge on any atom is 0.212 e. The van der Waals surface area contributed by atoms with E-state index in [0.717, 1.165) is 53.0 Å². The molecule has 1 aliphatic carbocycles. The van der Waals surface area contributed by atoms with Crippen LogP contribution in [0.15, 0.2) is 64.9 Å². The van der Waals surface area contributed by atoms with Gasteiger partial charge in [-0.2, -0.15) is 14.9 Å². The maximum atomic E-state index is 4.89. The van der Waals surface area contributed by atoms with E-state index in [0.29, 0.717) is 0 Å². The average Bonchev–Trinajstić information content (AvgIpc) is 3.50. The second kappa shape index (κ2) is 6.70. The number of rotatable bonds is 3. The van der Waals surface area contributed by atoms with Gasteiger partial charge in [0.05, 0.1) is 5.71 Å². The van der Waals surface area contributed by atoms with Gasteiger partial charge in [-0.15, -0.1) is 10.2 Å². The zero-order valence-electron chi connectivity index (χ0n) is 15.7. The Morgan fingerprint density at radius 2 is 1.66 bits per heavy atom. The maximum absolute atomic E-state index is 4.89. The normalized spacial score (nSPS) is 15.1. The predicted molar refractivity (Wildman–Crippen MR) is 114 cm³/mol. The number of H-pyrrole nitrogens is 1. The Morgan fingerprint density at radius 1 is 0.862 bits per heavy atom. The van der Waals surface area contributed by atoms with Gasteiger partial charge in [-0.05, 0) is 36.0 Å². The average molecular weight is 398 g/mol. The lowest BCUT2D eigenvalue weighted by molar-refractivity contribution is 0.758. The SMILES string of the molecule is c1ccc(-c2ccc(C3=Nn4c(nnc4-c4n[nH]c5c4CCC5)SC3)cc2)cc1. The molecule has 7 heteroatoms. The minimum Gasteiger partial charge on any atom is -0.282 e. The monoisotopic (exact) mass is 398 g/mol. The molecule has 6 nitrogen and oxygen atoms in total. The van der Waals surface area contributed by atoms with Crippen molar-refractivity contribution >= 4 is 17.5 Å². The van der Waals surface area contributed by atoms with E-state index >= 15 is 0 Å². The van der Waals surface area contributed by atoms with Gasteiger partial charge in [0.1, 0.15) is 5.69 Å². The highest BCUT2D eigenvalue weighted by atomic mass is 32.2. The van der Waals surface area contributed by atoms with Crippen LogP contribution in [0.4, 0.5) is 0 Å². The highest BCUT2D eigenvalue weighted by molar-refractivity contribution is 7.99. The molecule has 1 N–H and O–H groups in total. The number of fused-ring (bicyclic) bond motifs is 2. The zero-order valence-corrected chi connectivity index (χ0v) is 16.5. The van der Waals surface area contributed by atoms with Crippen molar-refractivity contribution in [2.45, 2.75) is 24.4 Å². The van der Waals surface area contributed by atoms with Crippen LogP contribution in [-0.4, -0.2) is 36.5 Å². The van der Waals surface area contributed by atoms with Crippen LogP contribution in [0, 0.1) is 0 Å². The van der Waals surface area contributed by atoms with Gasteiger partial charge in [0.15, 0.2) is 0 Å². The lowest BCUT2D eigenvalue weighted by Gasteiger charge is -2.14. The molecule has 6 rings (SSSR count). The number of hydrogen-bond acceptors (Lipinski definition) is 5. The largest absolute Gasteiger partial charge is 0.282 e. The molecule has 3 heterocycles. The standard InChI is InChI=1S/C22H18N6S/c1-2-5-14(6-3-1)15-9-11-16(12-10-15)19-13-29-22-26-25-21(28(22)27-19)20-17-7-4-8-18(17)23-24-20/h1-3,5-6,9-12H,4,7-8,13H2,(H,23,24). The lowest BCUT2D eigenvalue weighted by Crippen LogP contribution is -2.14. The van der Waals surface area contributed by atoms with Gasteiger partial charge in [-0.25, -0.2) is 0 Å². The summed E-state index contributed by atoms with van der Waals surface area (Å²) < 4.78 is 1.85. The molecule has 0 bridgehead atoms. The number of nitrogens with one attached hydrogen (secondary N) is 1. The molecule has 0 atom stereocenters. The van der Waals surface area contributed by atoms with E-state index in [9.17, 15) is 0 Å². The third kappa shape index (κ3) is 2.81. The van der Waals surface area contributed by atoms with Crippen molar-refractivity contribution in [3.8, 4) is 22.6 Å². The molecule has 0 unspecified atom stereocenters. The summed E-state index contributed by atoms with van der Waals surface area (Å²) in [6.07, 6.45) is 3.25. The van der Waals surface area contributed by atoms with Gasteiger partial charge in [-0.1, -0.05) is 66.4 Å². The van der Waals surface area contributed by atoms with E-state index in [1.807, 2.05) is 10.7 Å². The fourth-order valence-corrected chi connectivity index (χ4v) is 4.85. The van der Waals surface area contributed by atoms with Crippen LogP contribution in [0.1, 0.15) is 23.2 Å². The third-order valence-electron chi connectivity index (χ3n) is 5.51. The summed E-state index contributed by atoms with van der Waals surface area (Å²) in [5, 5.41) is 22.1. The number of nitrogens with zero attached hydrogens (tertiary/aromatic N) is 5. The van der Waals surface area contributed by atoms with Crippen molar-refractivity contribution in [2.24, 2.45) is 5.10 Å². The Kier molecular flexibility index (Phi) is 3.87. The van der Waals surface area contributed by atoms with Crippen LogP contribution < -0.4 is 0 Å². The molecule has 0 saturated heterocycles. The van der Waals surface area contributed by atoms with Crippen molar-refractivity contribution < 1.29 is 0 Å². The molecule has 0 amide bonds. The van der Waals surface area contributed by atoms with Gasteiger partial charge in [0.25, 0.3) is 0 Å². The molecular formula is C22H18N6S. The number of thioether (sulfide) groups is 1. The van der Waals surface area contributed by atoms with Crippen LogP contribution in [0.5, 0.6) is 0 Å². The van der Waals surface area contributed by atoms with Crippen LogP contribution in [0.25, 0.3) is 22.6 Å². The van der Waals surface area contributed by atoms with E-state index in [4.69, 9.17) is 5.10 Å². The lowest BCUT2D eigenvalue weighted by atomic mass is 10.0. The quantitative estimate of drug-likeness (QED) is 0.562. The van der Waals surface area contributed by atoms with Crippen molar-refractivity contribution in [2.75, 3.05) is 5.75 Å². The molecule has 142 valence electrons.